The SMILES string of the molecule is [2H]C([2H])([2H])NC(=O)c1nnccc1Nc1cncc(-c2ncn(C)n2)c1OC. The number of methoxy groups -OCH3 is 1. The number of amides is 1. The second kappa shape index (κ2) is 6.91. The summed E-state index contributed by atoms with van der Waals surface area (Å²) >= 11 is 0. The van der Waals surface area contributed by atoms with Gasteiger partial charge in [0, 0.05) is 24.3 Å². The second-order valence-electron chi connectivity index (χ2n) is 4.88. The van der Waals surface area contributed by atoms with E-state index >= 15 is 0 Å². The molecule has 0 aliphatic carbocycles. The quantitative estimate of drug-likeness (QED) is 0.697. The number of carbonyl (C=O) groups is 1. The zero-order chi connectivity index (χ0) is 20.3. The molecule has 0 radical (unpaired) electrons. The fraction of sp³-hybridized carbons (Fsp3) is 0.200. The van der Waals surface area contributed by atoms with Gasteiger partial charge < -0.3 is 15.4 Å². The van der Waals surface area contributed by atoms with Crippen LogP contribution in [0.15, 0.2) is 31.0 Å². The highest BCUT2D eigenvalue weighted by Crippen LogP contribution is 2.35. The topological polar surface area (TPSA) is 120 Å². The maximum absolute atomic E-state index is 12.2. The molecule has 0 aromatic carbocycles. The number of hydrogen-bond donors (Lipinski definition) is 2. The van der Waals surface area contributed by atoms with Crippen molar-refractivity contribution >= 4 is 17.3 Å². The van der Waals surface area contributed by atoms with Gasteiger partial charge in [0.1, 0.15) is 12.0 Å². The largest absolute Gasteiger partial charge is 0.494 e. The molecule has 3 heterocycles. The Hall–Kier alpha value is -3.56. The third-order valence-electron chi connectivity index (χ3n) is 3.26. The molecule has 3 aromatic heterocycles. The van der Waals surface area contributed by atoms with Gasteiger partial charge in [-0.25, -0.2) is 4.98 Å². The molecule has 0 atom stereocenters. The number of carbonyl (C=O) groups excluding carboxylic acids is 1. The van der Waals surface area contributed by atoms with Crippen LogP contribution in [0.3, 0.4) is 0 Å². The highest BCUT2D eigenvalue weighted by Gasteiger charge is 2.18. The molecule has 0 spiro atoms. The third kappa shape index (κ3) is 3.22. The van der Waals surface area contributed by atoms with E-state index in [1.165, 1.54) is 25.6 Å². The minimum atomic E-state index is -2.66. The van der Waals surface area contributed by atoms with Gasteiger partial charge in [-0.2, -0.15) is 10.2 Å². The van der Waals surface area contributed by atoms with Crippen LogP contribution in [0.2, 0.25) is 0 Å². The monoisotopic (exact) mass is 343 g/mol. The predicted molar refractivity (Wildman–Crippen MR) is 89.5 cm³/mol. The van der Waals surface area contributed by atoms with E-state index in [0.29, 0.717) is 22.8 Å². The van der Waals surface area contributed by atoms with Crippen LogP contribution in [0, 0.1) is 0 Å². The van der Waals surface area contributed by atoms with Gasteiger partial charge in [-0.15, -0.1) is 5.10 Å². The normalized spacial score (nSPS) is 12.6. The number of nitrogens with one attached hydrogen (secondary N) is 2. The molecule has 0 fully saturated rings. The number of anilines is 2. The van der Waals surface area contributed by atoms with Crippen molar-refractivity contribution in [3.63, 3.8) is 0 Å². The third-order valence-corrected chi connectivity index (χ3v) is 3.26. The first-order chi connectivity index (χ1) is 13.3. The smallest absolute Gasteiger partial charge is 0.273 e. The van der Waals surface area contributed by atoms with Crippen molar-refractivity contribution in [2.24, 2.45) is 7.05 Å². The van der Waals surface area contributed by atoms with Gasteiger partial charge in [0.2, 0.25) is 0 Å². The van der Waals surface area contributed by atoms with E-state index in [0.717, 1.165) is 0 Å². The number of pyridine rings is 1. The summed E-state index contributed by atoms with van der Waals surface area (Å²) in [5.41, 5.74) is 0.969. The molecule has 3 rings (SSSR count). The molecule has 10 heteroatoms. The fourth-order valence-corrected chi connectivity index (χ4v) is 2.18. The second-order valence-corrected chi connectivity index (χ2v) is 4.88. The number of aromatic nitrogens is 6. The Morgan fingerprint density at radius 1 is 1.36 bits per heavy atom. The molecule has 0 saturated carbocycles. The Morgan fingerprint density at radius 3 is 2.96 bits per heavy atom. The van der Waals surface area contributed by atoms with E-state index in [9.17, 15) is 4.79 Å². The maximum atomic E-state index is 12.2. The molecular weight excluding hydrogens is 324 g/mol. The molecule has 25 heavy (non-hydrogen) atoms. The van der Waals surface area contributed by atoms with Crippen molar-refractivity contribution in [2.75, 3.05) is 19.4 Å². The van der Waals surface area contributed by atoms with Crippen molar-refractivity contribution in [1.29, 1.82) is 0 Å². The number of aryl methyl sites for hydroxylation is 1. The van der Waals surface area contributed by atoms with E-state index in [4.69, 9.17) is 8.85 Å². The van der Waals surface area contributed by atoms with Crippen LogP contribution in [0.1, 0.15) is 14.6 Å². The zero-order valence-electron chi connectivity index (χ0n) is 16.4. The van der Waals surface area contributed by atoms with Crippen LogP contribution in [-0.2, 0) is 7.05 Å². The van der Waals surface area contributed by atoms with E-state index in [1.807, 2.05) is 5.32 Å². The number of ether oxygens (including phenoxy) is 1. The van der Waals surface area contributed by atoms with Crippen molar-refractivity contribution in [3.8, 4) is 17.1 Å². The van der Waals surface area contributed by atoms with Gasteiger partial charge >= 0.3 is 0 Å². The molecule has 3 aromatic rings. The molecule has 0 aliphatic rings. The molecule has 0 unspecified atom stereocenters. The highest BCUT2D eigenvalue weighted by molar-refractivity contribution is 5.98. The van der Waals surface area contributed by atoms with Gasteiger partial charge in [-0.1, -0.05) is 0 Å². The minimum absolute atomic E-state index is 0.193. The first kappa shape index (κ1) is 12.8. The van der Waals surface area contributed by atoms with Crippen LogP contribution < -0.4 is 15.4 Å². The van der Waals surface area contributed by atoms with E-state index in [1.54, 1.807) is 24.3 Å². The van der Waals surface area contributed by atoms with Gasteiger partial charge in [0.05, 0.1) is 30.8 Å². The summed E-state index contributed by atoms with van der Waals surface area (Å²) in [7, 11) is 3.21. The van der Waals surface area contributed by atoms with Crippen molar-refractivity contribution in [2.45, 2.75) is 0 Å². The molecule has 0 bridgehead atoms. The summed E-state index contributed by atoms with van der Waals surface area (Å²) in [5, 5.41) is 16.5. The zero-order valence-corrected chi connectivity index (χ0v) is 13.4. The Labute approximate surface area is 147 Å². The Balaban J connectivity index is 1.98. The Kier molecular flexibility index (Phi) is 3.54. The summed E-state index contributed by atoms with van der Waals surface area (Å²) in [5.74, 6) is -0.103. The lowest BCUT2D eigenvalue weighted by Crippen LogP contribution is -2.21. The molecular formula is C15H16N8O2. The fourth-order valence-electron chi connectivity index (χ4n) is 2.18. The van der Waals surface area contributed by atoms with Crippen LogP contribution in [-0.4, -0.2) is 49.9 Å². The summed E-state index contributed by atoms with van der Waals surface area (Å²) < 4.78 is 28.6. The lowest BCUT2D eigenvalue weighted by Gasteiger charge is -2.14. The Bertz CT molecular complexity index is 1000. The van der Waals surface area contributed by atoms with Crippen molar-refractivity contribution in [1.82, 2.24) is 35.3 Å². The van der Waals surface area contributed by atoms with Crippen LogP contribution in [0.25, 0.3) is 11.4 Å². The van der Waals surface area contributed by atoms with Gasteiger partial charge in [-0.3, -0.25) is 14.5 Å². The van der Waals surface area contributed by atoms with E-state index < -0.39 is 12.9 Å². The van der Waals surface area contributed by atoms with Crippen LogP contribution in [0.5, 0.6) is 5.75 Å². The molecule has 2 N–H and O–H groups in total. The average molecular weight is 343 g/mol. The maximum Gasteiger partial charge on any atom is 0.273 e. The number of nitrogens with zero attached hydrogens (tertiary/aromatic N) is 6. The van der Waals surface area contributed by atoms with Gasteiger partial charge in [0.25, 0.3) is 5.91 Å². The van der Waals surface area contributed by atoms with Gasteiger partial charge in [-0.05, 0) is 6.07 Å². The molecule has 10 nitrogen and oxygen atoms in total. The molecule has 0 saturated heterocycles. The number of rotatable bonds is 5. The standard InChI is InChI=1S/C15H16N8O2/c1-16-15(24)12-10(4-5-19-21-12)20-11-7-17-6-9(13(11)25-3)14-18-8-23(2)22-14/h4-8H,1-3H3,(H,16,24)(H,19,20)/i1D3. The van der Waals surface area contributed by atoms with Crippen molar-refractivity contribution < 1.29 is 13.6 Å². The molecule has 128 valence electrons. The minimum Gasteiger partial charge on any atom is -0.494 e. The van der Waals surface area contributed by atoms with Crippen LogP contribution in [0.4, 0.5) is 11.4 Å². The van der Waals surface area contributed by atoms with Crippen molar-refractivity contribution in [3.05, 3.63) is 36.7 Å². The summed E-state index contributed by atoms with van der Waals surface area (Å²) in [6.45, 7) is -2.66. The Morgan fingerprint density at radius 2 is 2.24 bits per heavy atom. The first-order valence-corrected chi connectivity index (χ1v) is 7.07. The summed E-state index contributed by atoms with van der Waals surface area (Å²) in [6, 6.07) is 1.48. The molecule has 0 aliphatic heterocycles. The van der Waals surface area contributed by atoms with E-state index in [2.05, 4.69) is 30.6 Å². The number of hydrogen-bond acceptors (Lipinski definition) is 8. The first-order valence-electron chi connectivity index (χ1n) is 8.57. The molecule has 1 amide bonds. The predicted octanol–water partition coefficient (Wildman–Crippen LogP) is 0.779. The summed E-state index contributed by atoms with van der Waals surface area (Å²) in [4.78, 5) is 20.6. The average Bonchev–Trinajstić information content (AvgIpc) is 3.06. The van der Waals surface area contributed by atoms with Crippen LogP contribution >= 0.6 is 0 Å². The lowest BCUT2D eigenvalue weighted by molar-refractivity contribution is 0.0958. The summed E-state index contributed by atoms with van der Waals surface area (Å²) in [6.07, 6.45) is 5.93. The highest BCUT2D eigenvalue weighted by atomic mass is 16.5. The van der Waals surface area contributed by atoms with Gasteiger partial charge in [0.15, 0.2) is 17.3 Å². The van der Waals surface area contributed by atoms with E-state index in [-0.39, 0.29) is 11.4 Å². The lowest BCUT2D eigenvalue weighted by atomic mass is 10.2.